The van der Waals surface area contributed by atoms with Crippen LogP contribution in [0.5, 0.6) is 0 Å². The molecule has 0 atom stereocenters. The van der Waals surface area contributed by atoms with Crippen molar-refractivity contribution >= 4 is 5.91 Å². The lowest BCUT2D eigenvalue weighted by Gasteiger charge is -2.27. The van der Waals surface area contributed by atoms with Gasteiger partial charge < -0.3 is 4.90 Å². The van der Waals surface area contributed by atoms with Gasteiger partial charge >= 0.3 is 0 Å². The second kappa shape index (κ2) is 5.89. The molecule has 1 fully saturated rings. The van der Waals surface area contributed by atoms with Gasteiger partial charge in [0.15, 0.2) is 0 Å². The van der Waals surface area contributed by atoms with Crippen molar-refractivity contribution in [3.05, 3.63) is 0 Å². The smallest absolute Gasteiger partial charge is 0.222 e. The van der Waals surface area contributed by atoms with Crippen LogP contribution in [-0.4, -0.2) is 23.9 Å². The summed E-state index contributed by atoms with van der Waals surface area (Å²) in [6.45, 7) is 5.75. The lowest BCUT2D eigenvalue weighted by Crippen LogP contribution is -2.35. The number of unbranched alkanes of at least 4 members (excludes halogenated alkanes) is 1. The highest BCUT2D eigenvalue weighted by Gasteiger charge is 2.19. The zero-order valence-electron chi connectivity index (χ0n) is 10.5. The van der Waals surface area contributed by atoms with Gasteiger partial charge in [0.05, 0.1) is 11.5 Å². The van der Waals surface area contributed by atoms with Gasteiger partial charge in [-0.2, -0.15) is 5.26 Å². The van der Waals surface area contributed by atoms with E-state index in [0.29, 0.717) is 5.91 Å². The summed E-state index contributed by atoms with van der Waals surface area (Å²) < 4.78 is 0. The average molecular weight is 222 g/mol. The van der Waals surface area contributed by atoms with Crippen LogP contribution in [0.2, 0.25) is 0 Å². The van der Waals surface area contributed by atoms with Crippen molar-refractivity contribution < 1.29 is 4.79 Å². The largest absolute Gasteiger partial charge is 0.343 e. The molecule has 0 aromatic heterocycles. The van der Waals surface area contributed by atoms with E-state index in [-0.39, 0.29) is 5.41 Å². The molecule has 0 bridgehead atoms. The summed E-state index contributed by atoms with van der Waals surface area (Å²) in [4.78, 5) is 13.5. The Morgan fingerprint density at radius 2 is 2.12 bits per heavy atom. The molecule has 0 radical (unpaired) electrons. The van der Waals surface area contributed by atoms with Gasteiger partial charge in [0.25, 0.3) is 0 Å². The van der Waals surface area contributed by atoms with Crippen LogP contribution in [0.15, 0.2) is 0 Å². The lowest BCUT2D eigenvalue weighted by atomic mass is 9.89. The van der Waals surface area contributed by atoms with Gasteiger partial charge in [-0.1, -0.05) is 6.42 Å². The number of carbonyl (C=O) groups is 1. The predicted molar refractivity (Wildman–Crippen MR) is 63.7 cm³/mol. The molecule has 0 spiro atoms. The van der Waals surface area contributed by atoms with Gasteiger partial charge in [-0.3, -0.25) is 4.79 Å². The molecule has 0 aromatic carbocycles. The summed E-state index contributed by atoms with van der Waals surface area (Å²) in [5.74, 6) is 0.311. The minimum Gasteiger partial charge on any atom is -0.343 e. The molecular weight excluding hydrogens is 200 g/mol. The molecular formula is C13H22N2O. The molecule has 1 heterocycles. The normalized spacial score (nSPS) is 17.3. The Morgan fingerprint density at radius 3 is 2.75 bits per heavy atom. The second-order valence-corrected chi connectivity index (χ2v) is 5.29. The van der Waals surface area contributed by atoms with Crippen molar-refractivity contribution in [3.8, 4) is 6.07 Å². The van der Waals surface area contributed by atoms with E-state index in [0.717, 1.165) is 51.6 Å². The monoisotopic (exact) mass is 222 g/mol. The summed E-state index contributed by atoms with van der Waals surface area (Å²) in [5, 5.41) is 8.87. The van der Waals surface area contributed by atoms with Crippen molar-refractivity contribution in [2.24, 2.45) is 5.41 Å². The van der Waals surface area contributed by atoms with Crippen molar-refractivity contribution in [2.45, 2.75) is 52.4 Å². The first-order valence-electron chi connectivity index (χ1n) is 6.24. The number of nitrogens with zero attached hydrogens (tertiary/aromatic N) is 2. The van der Waals surface area contributed by atoms with Crippen molar-refractivity contribution in [2.75, 3.05) is 13.1 Å². The van der Waals surface area contributed by atoms with Crippen molar-refractivity contribution in [1.29, 1.82) is 5.26 Å². The van der Waals surface area contributed by atoms with E-state index in [1.54, 1.807) is 0 Å². The maximum Gasteiger partial charge on any atom is 0.222 e. The number of nitriles is 1. The van der Waals surface area contributed by atoms with E-state index in [1.165, 1.54) is 0 Å². The molecule has 0 saturated carbocycles. The maximum atomic E-state index is 11.5. The summed E-state index contributed by atoms with van der Waals surface area (Å²) in [7, 11) is 0. The van der Waals surface area contributed by atoms with E-state index < -0.39 is 0 Å². The minimum absolute atomic E-state index is 0.216. The van der Waals surface area contributed by atoms with E-state index in [9.17, 15) is 4.79 Å². The van der Waals surface area contributed by atoms with E-state index in [4.69, 9.17) is 5.26 Å². The Hall–Kier alpha value is -1.04. The minimum atomic E-state index is -0.216. The van der Waals surface area contributed by atoms with Gasteiger partial charge in [-0.15, -0.1) is 0 Å². The molecule has 3 heteroatoms. The topological polar surface area (TPSA) is 44.1 Å². The van der Waals surface area contributed by atoms with Crippen molar-refractivity contribution in [3.63, 3.8) is 0 Å². The second-order valence-electron chi connectivity index (χ2n) is 5.29. The number of piperidine rings is 1. The van der Waals surface area contributed by atoms with Gasteiger partial charge in [-0.05, 0) is 39.5 Å². The quantitative estimate of drug-likeness (QED) is 0.671. The van der Waals surface area contributed by atoms with Crippen LogP contribution in [0.4, 0.5) is 0 Å². The van der Waals surface area contributed by atoms with Crippen LogP contribution in [-0.2, 0) is 4.79 Å². The SMILES string of the molecule is CC(C)(C#N)CCCCN1CCCCC1=O. The molecule has 0 aliphatic carbocycles. The Labute approximate surface area is 98.4 Å². The molecule has 0 unspecified atom stereocenters. The Bertz CT molecular complexity index is 278. The number of hydrogen-bond acceptors (Lipinski definition) is 2. The van der Waals surface area contributed by atoms with Crippen LogP contribution in [0, 0.1) is 16.7 Å². The fourth-order valence-electron chi connectivity index (χ4n) is 2.02. The molecule has 1 saturated heterocycles. The zero-order chi connectivity index (χ0) is 12.0. The third-order valence-corrected chi connectivity index (χ3v) is 3.20. The molecule has 1 rings (SSSR count). The molecule has 1 aliphatic heterocycles. The zero-order valence-corrected chi connectivity index (χ0v) is 10.5. The van der Waals surface area contributed by atoms with Gasteiger partial charge in [0.1, 0.15) is 0 Å². The first-order valence-corrected chi connectivity index (χ1v) is 6.24. The third-order valence-electron chi connectivity index (χ3n) is 3.20. The summed E-state index contributed by atoms with van der Waals surface area (Å²) in [6.07, 6.45) is 5.91. The van der Waals surface area contributed by atoms with Crippen LogP contribution >= 0.6 is 0 Å². The van der Waals surface area contributed by atoms with E-state index in [1.807, 2.05) is 18.7 Å². The third kappa shape index (κ3) is 4.22. The maximum absolute atomic E-state index is 11.5. The average Bonchev–Trinajstić information content (AvgIpc) is 2.27. The first kappa shape index (κ1) is 13.0. The standard InChI is InChI=1S/C13H22N2O/c1-13(2,11-14)8-4-6-10-15-9-5-3-7-12(15)16/h3-10H2,1-2H3. The highest BCUT2D eigenvalue weighted by molar-refractivity contribution is 5.76. The fourth-order valence-corrected chi connectivity index (χ4v) is 2.02. The summed E-state index contributed by atoms with van der Waals surface area (Å²) in [6, 6.07) is 2.31. The number of amides is 1. The predicted octanol–water partition coefficient (Wildman–Crippen LogP) is 2.72. The molecule has 0 N–H and O–H groups in total. The molecule has 90 valence electrons. The highest BCUT2D eigenvalue weighted by atomic mass is 16.2. The Balaban J connectivity index is 2.16. The molecule has 16 heavy (non-hydrogen) atoms. The highest BCUT2D eigenvalue weighted by Crippen LogP contribution is 2.22. The van der Waals surface area contributed by atoms with Gasteiger partial charge in [-0.25, -0.2) is 0 Å². The fraction of sp³-hybridized carbons (Fsp3) is 0.846. The van der Waals surface area contributed by atoms with Crippen LogP contribution in [0.3, 0.4) is 0 Å². The molecule has 1 amide bonds. The van der Waals surface area contributed by atoms with Crippen LogP contribution in [0.25, 0.3) is 0 Å². The number of likely N-dealkylation sites (tertiary alicyclic amines) is 1. The Kier molecular flexibility index (Phi) is 4.79. The summed E-state index contributed by atoms with van der Waals surface area (Å²) in [5.41, 5.74) is -0.216. The van der Waals surface area contributed by atoms with Gasteiger partial charge in [0.2, 0.25) is 5.91 Å². The van der Waals surface area contributed by atoms with Crippen LogP contribution < -0.4 is 0 Å². The van der Waals surface area contributed by atoms with Crippen molar-refractivity contribution in [1.82, 2.24) is 4.90 Å². The lowest BCUT2D eigenvalue weighted by molar-refractivity contribution is -0.133. The number of carbonyl (C=O) groups excluding carboxylic acids is 1. The van der Waals surface area contributed by atoms with E-state index >= 15 is 0 Å². The Morgan fingerprint density at radius 1 is 1.38 bits per heavy atom. The number of rotatable bonds is 5. The summed E-state index contributed by atoms with van der Waals surface area (Å²) >= 11 is 0. The molecule has 3 nitrogen and oxygen atoms in total. The van der Waals surface area contributed by atoms with Crippen LogP contribution in [0.1, 0.15) is 52.4 Å². The van der Waals surface area contributed by atoms with E-state index in [2.05, 4.69) is 6.07 Å². The molecule has 1 aliphatic rings. The number of hydrogen-bond donors (Lipinski definition) is 0. The van der Waals surface area contributed by atoms with Gasteiger partial charge in [0, 0.05) is 19.5 Å². The first-order chi connectivity index (χ1) is 7.55. The molecule has 0 aromatic rings.